The molecule has 0 bridgehead atoms. The van der Waals surface area contributed by atoms with Crippen LogP contribution in [0.1, 0.15) is 23.1 Å². The van der Waals surface area contributed by atoms with E-state index in [-0.39, 0.29) is 5.92 Å². The third kappa shape index (κ3) is 2.52. The van der Waals surface area contributed by atoms with Crippen LogP contribution >= 0.6 is 11.3 Å². The minimum atomic E-state index is -0.603. The third-order valence-corrected chi connectivity index (χ3v) is 4.22. The summed E-state index contributed by atoms with van der Waals surface area (Å²) in [5.41, 5.74) is 7.73. The monoisotopic (exact) mass is 291 g/mol. The van der Waals surface area contributed by atoms with Crippen LogP contribution in [0.5, 0.6) is 11.5 Å². The summed E-state index contributed by atoms with van der Waals surface area (Å²) in [4.78, 5) is 0. The van der Waals surface area contributed by atoms with Crippen LogP contribution in [0.25, 0.3) is 0 Å². The quantitative estimate of drug-likeness (QED) is 0.907. The van der Waals surface area contributed by atoms with Gasteiger partial charge >= 0.3 is 0 Å². The number of nitrogens with two attached hydrogens (primary N) is 1. The van der Waals surface area contributed by atoms with Crippen molar-refractivity contribution in [2.75, 3.05) is 19.8 Å². The smallest absolute Gasteiger partial charge is 0.161 e. The molecule has 0 spiro atoms. The number of fused-ring (bicyclic) bond motifs is 1. The zero-order valence-electron chi connectivity index (χ0n) is 11.0. The number of aliphatic hydroxyl groups excluding tert-OH is 1. The van der Waals surface area contributed by atoms with Crippen LogP contribution in [-0.4, -0.2) is 24.9 Å². The highest BCUT2D eigenvalue weighted by molar-refractivity contribution is 7.07. The van der Waals surface area contributed by atoms with Crippen molar-refractivity contribution in [2.24, 2.45) is 5.73 Å². The molecule has 1 aromatic carbocycles. The molecule has 0 saturated heterocycles. The molecule has 2 atom stereocenters. The lowest BCUT2D eigenvalue weighted by Gasteiger charge is -2.24. The molecule has 0 saturated carbocycles. The zero-order valence-corrected chi connectivity index (χ0v) is 11.8. The van der Waals surface area contributed by atoms with Crippen molar-refractivity contribution in [3.05, 3.63) is 46.2 Å². The van der Waals surface area contributed by atoms with Gasteiger partial charge in [-0.05, 0) is 40.1 Å². The summed E-state index contributed by atoms with van der Waals surface area (Å²) in [6.07, 6.45) is -0.603. The lowest BCUT2D eigenvalue weighted by molar-refractivity contribution is 0.146. The fraction of sp³-hybridized carbons (Fsp3) is 0.333. The second-order valence-corrected chi connectivity index (χ2v) is 5.53. The molecule has 3 N–H and O–H groups in total. The Labute approximate surface area is 121 Å². The molecule has 2 aromatic rings. The Kier molecular flexibility index (Phi) is 3.91. The summed E-state index contributed by atoms with van der Waals surface area (Å²) >= 11 is 1.57. The lowest BCUT2D eigenvalue weighted by Crippen LogP contribution is -2.21. The van der Waals surface area contributed by atoms with E-state index < -0.39 is 6.10 Å². The largest absolute Gasteiger partial charge is 0.486 e. The number of thiophene rings is 1. The van der Waals surface area contributed by atoms with Gasteiger partial charge in [0.2, 0.25) is 0 Å². The van der Waals surface area contributed by atoms with Crippen LogP contribution in [0, 0.1) is 0 Å². The van der Waals surface area contributed by atoms with Crippen LogP contribution in [0.4, 0.5) is 0 Å². The van der Waals surface area contributed by atoms with Gasteiger partial charge in [-0.3, -0.25) is 0 Å². The molecule has 1 aromatic heterocycles. The van der Waals surface area contributed by atoms with Crippen molar-refractivity contribution in [1.29, 1.82) is 0 Å². The summed E-state index contributed by atoms with van der Waals surface area (Å²) in [6.45, 7) is 1.50. The molecular weight excluding hydrogens is 274 g/mol. The molecule has 0 radical (unpaired) electrons. The normalized spacial score (nSPS) is 16.7. The van der Waals surface area contributed by atoms with E-state index in [1.165, 1.54) is 0 Å². The van der Waals surface area contributed by atoms with Crippen molar-refractivity contribution in [3.63, 3.8) is 0 Å². The summed E-state index contributed by atoms with van der Waals surface area (Å²) in [5, 5.41) is 14.4. The third-order valence-electron chi connectivity index (χ3n) is 3.51. The van der Waals surface area contributed by atoms with Gasteiger partial charge in [0, 0.05) is 12.5 Å². The highest BCUT2D eigenvalue weighted by Gasteiger charge is 2.23. The van der Waals surface area contributed by atoms with Crippen LogP contribution in [0.15, 0.2) is 35.0 Å². The van der Waals surface area contributed by atoms with Crippen LogP contribution in [-0.2, 0) is 0 Å². The molecule has 2 unspecified atom stereocenters. The van der Waals surface area contributed by atoms with Gasteiger partial charge in [0.25, 0.3) is 0 Å². The molecule has 5 heteroatoms. The molecule has 1 aliphatic heterocycles. The maximum Gasteiger partial charge on any atom is 0.161 e. The molecule has 106 valence electrons. The second-order valence-electron chi connectivity index (χ2n) is 4.75. The van der Waals surface area contributed by atoms with Crippen molar-refractivity contribution in [1.82, 2.24) is 0 Å². The van der Waals surface area contributed by atoms with Gasteiger partial charge in [0.15, 0.2) is 11.5 Å². The highest BCUT2D eigenvalue weighted by atomic mass is 32.1. The Morgan fingerprint density at radius 1 is 1.15 bits per heavy atom. The number of ether oxygens (including phenoxy) is 2. The average molecular weight is 291 g/mol. The van der Waals surface area contributed by atoms with Gasteiger partial charge in [-0.1, -0.05) is 6.07 Å². The maximum atomic E-state index is 10.5. The maximum absolute atomic E-state index is 10.5. The van der Waals surface area contributed by atoms with E-state index in [9.17, 15) is 5.11 Å². The van der Waals surface area contributed by atoms with Gasteiger partial charge in [-0.25, -0.2) is 0 Å². The molecule has 0 aliphatic carbocycles. The van der Waals surface area contributed by atoms with Gasteiger partial charge in [-0.2, -0.15) is 11.3 Å². The predicted molar refractivity (Wildman–Crippen MR) is 78.5 cm³/mol. The van der Waals surface area contributed by atoms with Gasteiger partial charge in [0.1, 0.15) is 13.2 Å². The molecule has 3 rings (SSSR count). The van der Waals surface area contributed by atoms with Crippen molar-refractivity contribution in [3.8, 4) is 11.5 Å². The van der Waals surface area contributed by atoms with Crippen molar-refractivity contribution < 1.29 is 14.6 Å². The summed E-state index contributed by atoms with van der Waals surface area (Å²) in [7, 11) is 0. The summed E-state index contributed by atoms with van der Waals surface area (Å²) in [5.74, 6) is 1.32. The van der Waals surface area contributed by atoms with E-state index in [1.54, 1.807) is 11.3 Å². The molecule has 4 nitrogen and oxygen atoms in total. The Bertz CT molecular complexity index is 571. The Balaban J connectivity index is 1.89. The van der Waals surface area contributed by atoms with E-state index in [4.69, 9.17) is 15.2 Å². The SMILES string of the molecule is NCC(c1ccc2c(c1)OCCO2)C(O)c1ccsc1. The molecule has 2 heterocycles. The Hall–Kier alpha value is -1.56. The minimum Gasteiger partial charge on any atom is -0.486 e. The first-order chi connectivity index (χ1) is 9.79. The second kappa shape index (κ2) is 5.83. The van der Waals surface area contributed by atoms with Gasteiger partial charge in [0.05, 0.1) is 6.10 Å². The van der Waals surface area contributed by atoms with Gasteiger partial charge < -0.3 is 20.3 Å². The number of rotatable bonds is 4. The number of hydrogen-bond donors (Lipinski definition) is 2. The molecule has 1 aliphatic rings. The Morgan fingerprint density at radius 2 is 1.95 bits per heavy atom. The Morgan fingerprint density at radius 3 is 2.65 bits per heavy atom. The number of hydrogen-bond acceptors (Lipinski definition) is 5. The summed E-state index contributed by atoms with van der Waals surface area (Å²) in [6, 6.07) is 7.67. The average Bonchev–Trinajstić information content (AvgIpc) is 3.02. The summed E-state index contributed by atoms with van der Waals surface area (Å²) < 4.78 is 11.1. The first kappa shape index (κ1) is 13.4. The van der Waals surface area contributed by atoms with E-state index in [0.717, 1.165) is 22.6 Å². The molecule has 20 heavy (non-hydrogen) atoms. The minimum absolute atomic E-state index is 0.152. The van der Waals surface area contributed by atoms with Crippen LogP contribution < -0.4 is 15.2 Å². The first-order valence-electron chi connectivity index (χ1n) is 6.59. The van der Waals surface area contributed by atoms with E-state index >= 15 is 0 Å². The first-order valence-corrected chi connectivity index (χ1v) is 7.53. The molecule has 0 amide bonds. The van der Waals surface area contributed by atoms with Crippen LogP contribution in [0.2, 0.25) is 0 Å². The highest BCUT2D eigenvalue weighted by Crippen LogP contribution is 2.37. The number of aliphatic hydroxyl groups is 1. The fourth-order valence-electron chi connectivity index (χ4n) is 2.41. The fourth-order valence-corrected chi connectivity index (χ4v) is 3.10. The van der Waals surface area contributed by atoms with E-state index in [2.05, 4.69) is 0 Å². The topological polar surface area (TPSA) is 64.7 Å². The molecule has 0 fully saturated rings. The van der Waals surface area contributed by atoms with E-state index in [0.29, 0.717) is 19.8 Å². The molecular formula is C15H17NO3S. The lowest BCUT2D eigenvalue weighted by atomic mass is 9.90. The van der Waals surface area contributed by atoms with Crippen LogP contribution in [0.3, 0.4) is 0 Å². The van der Waals surface area contributed by atoms with Crippen molar-refractivity contribution >= 4 is 11.3 Å². The number of benzene rings is 1. The van der Waals surface area contributed by atoms with E-state index in [1.807, 2.05) is 35.0 Å². The van der Waals surface area contributed by atoms with Gasteiger partial charge in [-0.15, -0.1) is 0 Å². The predicted octanol–water partition coefficient (Wildman–Crippen LogP) is 2.30. The van der Waals surface area contributed by atoms with Crippen molar-refractivity contribution in [2.45, 2.75) is 12.0 Å². The zero-order chi connectivity index (χ0) is 13.9. The standard InChI is InChI=1S/C15H17NO3S/c16-8-12(15(17)11-3-6-20-9-11)10-1-2-13-14(7-10)19-5-4-18-13/h1-3,6-7,9,12,15,17H,4-5,8,16H2.